The van der Waals surface area contributed by atoms with E-state index >= 15 is 0 Å². The number of hydrogen-bond acceptors (Lipinski definition) is 6. The first-order chi connectivity index (χ1) is 22.3. The molecule has 2 fully saturated rings. The van der Waals surface area contributed by atoms with E-state index in [4.69, 9.17) is 20.6 Å². The SMILES string of the molecule is C=C.C=C\C=C(/N=C(\C=C(/N)C(=O)Nc1ccc(N2CCN(C(C)(C)C)CC2)cc1)CC)c1ccc(C)c(C)c1.CC1CC1.O=CO. The summed E-state index contributed by atoms with van der Waals surface area (Å²) >= 11 is 0. The normalized spacial score (nSPS) is 15.5. The molecular formula is C39H57N5O3. The van der Waals surface area contributed by atoms with Crippen molar-refractivity contribution in [2.45, 2.75) is 73.3 Å². The third-order valence-electron chi connectivity index (χ3n) is 7.87. The van der Waals surface area contributed by atoms with E-state index in [9.17, 15) is 4.79 Å². The van der Waals surface area contributed by atoms with Gasteiger partial charge in [-0.1, -0.05) is 51.5 Å². The zero-order chi connectivity index (χ0) is 35.6. The lowest BCUT2D eigenvalue weighted by Gasteiger charge is -2.43. The number of carboxylic acid groups (broad SMARTS) is 1. The van der Waals surface area contributed by atoms with Crippen molar-refractivity contribution in [1.82, 2.24) is 4.90 Å². The van der Waals surface area contributed by atoms with Crippen LogP contribution in [0.25, 0.3) is 5.70 Å². The molecule has 0 radical (unpaired) electrons. The molecular weight excluding hydrogens is 586 g/mol. The number of piperazine rings is 1. The van der Waals surface area contributed by atoms with E-state index in [1.165, 1.54) is 24.0 Å². The average Bonchev–Trinajstić information content (AvgIpc) is 3.85. The molecule has 0 atom stereocenters. The number of nitrogens with one attached hydrogen (secondary N) is 1. The van der Waals surface area contributed by atoms with Crippen LogP contribution in [0.5, 0.6) is 0 Å². The lowest BCUT2D eigenvalue weighted by atomic mass is 10.0. The topological polar surface area (TPSA) is 111 Å². The Labute approximate surface area is 283 Å². The van der Waals surface area contributed by atoms with Gasteiger partial charge in [0.05, 0.1) is 11.4 Å². The first kappa shape index (κ1) is 40.6. The minimum Gasteiger partial charge on any atom is -0.483 e. The van der Waals surface area contributed by atoms with E-state index in [-0.39, 0.29) is 23.6 Å². The third kappa shape index (κ3) is 14.7. The molecule has 1 saturated heterocycles. The van der Waals surface area contributed by atoms with Crippen molar-refractivity contribution in [3.05, 3.63) is 103 Å². The van der Waals surface area contributed by atoms with Crippen LogP contribution in [0.3, 0.4) is 0 Å². The van der Waals surface area contributed by atoms with Gasteiger partial charge in [0.15, 0.2) is 0 Å². The number of aliphatic imine (C=N–C) groups is 1. The molecule has 1 saturated carbocycles. The van der Waals surface area contributed by atoms with Gasteiger partial charge in [0.2, 0.25) is 0 Å². The Hall–Kier alpha value is -4.43. The highest BCUT2D eigenvalue weighted by atomic mass is 16.3. The first-order valence-electron chi connectivity index (χ1n) is 16.3. The van der Waals surface area contributed by atoms with Gasteiger partial charge in [-0.05, 0) is 101 Å². The van der Waals surface area contributed by atoms with Crippen LogP contribution in [0.4, 0.5) is 11.4 Å². The number of allylic oxidation sites excluding steroid dienone is 3. The van der Waals surface area contributed by atoms with E-state index in [1.807, 2.05) is 31.2 Å². The van der Waals surface area contributed by atoms with Crippen LogP contribution >= 0.6 is 0 Å². The number of rotatable bonds is 8. The molecule has 256 valence electrons. The number of aryl methyl sites for hydroxylation is 2. The van der Waals surface area contributed by atoms with Gasteiger partial charge in [-0.25, -0.2) is 0 Å². The molecule has 1 amide bonds. The second kappa shape index (κ2) is 20.6. The molecule has 0 aromatic heterocycles. The van der Waals surface area contributed by atoms with Gasteiger partial charge >= 0.3 is 0 Å². The predicted molar refractivity (Wildman–Crippen MR) is 201 cm³/mol. The average molecular weight is 644 g/mol. The lowest BCUT2D eigenvalue weighted by Crippen LogP contribution is -2.53. The largest absolute Gasteiger partial charge is 0.483 e. The van der Waals surface area contributed by atoms with Crippen molar-refractivity contribution < 1.29 is 14.7 Å². The van der Waals surface area contributed by atoms with Crippen LogP contribution in [0.2, 0.25) is 0 Å². The molecule has 4 N–H and O–H groups in total. The second-order valence-electron chi connectivity index (χ2n) is 12.6. The van der Waals surface area contributed by atoms with Crippen molar-refractivity contribution >= 4 is 35.2 Å². The quantitative estimate of drug-likeness (QED) is 0.0884. The lowest BCUT2D eigenvalue weighted by molar-refractivity contribution is -0.122. The molecule has 8 heteroatoms. The summed E-state index contributed by atoms with van der Waals surface area (Å²) in [6.45, 7) is 28.9. The third-order valence-corrected chi connectivity index (χ3v) is 7.87. The summed E-state index contributed by atoms with van der Waals surface area (Å²) in [5.74, 6) is 0.734. The molecule has 1 aliphatic heterocycles. The maximum Gasteiger partial charge on any atom is 0.290 e. The Morgan fingerprint density at radius 1 is 1.04 bits per heavy atom. The smallest absolute Gasteiger partial charge is 0.290 e. The number of nitrogens with zero attached hydrogens (tertiary/aromatic N) is 3. The fourth-order valence-corrected chi connectivity index (χ4v) is 4.58. The van der Waals surface area contributed by atoms with Gasteiger partial charge in [-0.3, -0.25) is 19.5 Å². The number of carbonyl (C=O) groups is 2. The Bertz CT molecular complexity index is 1370. The minimum absolute atomic E-state index is 0.117. The summed E-state index contributed by atoms with van der Waals surface area (Å²) in [6.07, 6.45) is 8.84. The molecule has 0 bridgehead atoms. The molecule has 2 aromatic rings. The molecule has 47 heavy (non-hydrogen) atoms. The van der Waals surface area contributed by atoms with Crippen LogP contribution in [0.15, 0.2) is 91.1 Å². The van der Waals surface area contributed by atoms with E-state index in [1.54, 1.807) is 12.2 Å². The van der Waals surface area contributed by atoms with Crippen molar-refractivity contribution in [3.8, 4) is 0 Å². The fourth-order valence-electron chi connectivity index (χ4n) is 4.58. The van der Waals surface area contributed by atoms with Gasteiger partial charge < -0.3 is 21.1 Å². The number of carbonyl (C=O) groups excluding carboxylic acids is 1. The maximum atomic E-state index is 12.8. The Balaban J connectivity index is 0.00000108. The van der Waals surface area contributed by atoms with E-state index in [2.05, 4.69) is 101 Å². The molecule has 1 aliphatic carbocycles. The summed E-state index contributed by atoms with van der Waals surface area (Å²) in [5, 5.41) is 9.80. The van der Waals surface area contributed by atoms with Gasteiger partial charge in [-0.15, -0.1) is 13.2 Å². The number of anilines is 2. The Morgan fingerprint density at radius 2 is 1.60 bits per heavy atom. The highest BCUT2D eigenvalue weighted by molar-refractivity contribution is 6.09. The fraction of sp³-hybridized carbons (Fsp3) is 0.410. The van der Waals surface area contributed by atoms with E-state index in [0.29, 0.717) is 17.8 Å². The summed E-state index contributed by atoms with van der Waals surface area (Å²) in [5.41, 5.74) is 13.3. The van der Waals surface area contributed by atoms with Crippen molar-refractivity contribution in [1.29, 1.82) is 0 Å². The van der Waals surface area contributed by atoms with Crippen LogP contribution in [-0.4, -0.2) is 59.8 Å². The van der Waals surface area contributed by atoms with Crippen LogP contribution in [-0.2, 0) is 9.59 Å². The number of nitrogens with two attached hydrogens (primary N) is 1. The molecule has 0 spiro atoms. The Kier molecular flexibility index (Phi) is 17.8. The number of amides is 1. The van der Waals surface area contributed by atoms with Crippen LogP contribution in [0, 0.1) is 19.8 Å². The zero-order valence-electron chi connectivity index (χ0n) is 29.7. The monoisotopic (exact) mass is 643 g/mol. The summed E-state index contributed by atoms with van der Waals surface area (Å²) in [4.78, 5) is 30.9. The molecule has 2 aliphatic rings. The van der Waals surface area contributed by atoms with Crippen LogP contribution in [0.1, 0.15) is 70.6 Å². The van der Waals surface area contributed by atoms with E-state index in [0.717, 1.165) is 49.0 Å². The Morgan fingerprint density at radius 3 is 2.04 bits per heavy atom. The summed E-state index contributed by atoms with van der Waals surface area (Å²) in [6, 6.07) is 14.2. The van der Waals surface area contributed by atoms with E-state index < -0.39 is 0 Å². The van der Waals surface area contributed by atoms with Gasteiger partial charge in [0, 0.05) is 54.4 Å². The van der Waals surface area contributed by atoms with Gasteiger partial charge in [0.1, 0.15) is 0 Å². The molecule has 8 nitrogen and oxygen atoms in total. The second-order valence-corrected chi connectivity index (χ2v) is 12.6. The summed E-state index contributed by atoms with van der Waals surface area (Å²) < 4.78 is 0. The summed E-state index contributed by atoms with van der Waals surface area (Å²) in [7, 11) is 0. The zero-order valence-corrected chi connectivity index (χ0v) is 29.7. The standard InChI is InChI=1S/C32H43N5O.C4H8.C2H4.CH2O2/c1-8-10-30(25-12-11-23(3)24(4)21-25)34-26(9-2)22-29(33)31(38)35-27-13-15-28(16-14-27)36-17-19-37(20-18-36)32(5,6)7;1-4-2-3-4;1-2;2-1-3/h8,10-16,21-22H,1,9,17-20,33H2,2-7H3,(H,35,38);4H,2-3H2,1H3;1-2H2;1H,(H,2,3)/b29-22-,30-10-,34-26-;;;. The number of benzene rings is 2. The van der Waals surface area contributed by atoms with Gasteiger partial charge in [-0.2, -0.15) is 0 Å². The van der Waals surface area contributed by atoms with Crippen molar-refractivity contribution in [2.75, 3.05) is 36.4 Å². The highest BCUT2D eigenvalue weighted by Crippen LogP contribution is 2.27. The number of hydrogen-bond donors (Lipinski definition) is 3. The molecule has 4 rings (SSSR count). The van der Waals surface area contributed by atoms with Crippen molar-refractivity contribution in [2.24, 2.45) is 16.6 Å². The first-order valence-corrected chi connectivity index (χ1v) is 16.3. The molecule has 2 aromatic carbocycles. The predicted octanol–water partition coefficient (Wildman–Crippen LogP) is 8.00. The maximum absolute atomic E-state index is 12.8. The minimum atomic E-state index is -0.349. The molecule has 1 heterocycles. The highest BCUT2D eigenvalue weighted by Gasteiger charge is 2.25. The van der Waals surface area contributed by atoms with Gasteiger partial charge in [0.25, 0.3) is 12.4 Å². The van der Waals surface area contributed by atoms with Crippen molar-refractivity contribution in [3.63, 3.8) is 0 Å². The molecule has 0 unspecified atom stereocenters. The van der Waals surface area contributed by atoms with Crippen LogP contribution < -0.4 is 16.0 Å².